The summed E-state index contributed by atoms with van der Waals surface area (Å²) in [5.41, 5.74) is 8.73. The van der Waals surface area contributed by atoms with Crippen molar-refractivity contribution in [2.75, 3.05) is 7.05 Å². The Hall–Kier alpha value is -1.35. The molecule has 2 N–H and O–H groups in total. The Balaban J connectivity index is 2.14. The SMILES string of the molecule is CC(C)CC(N)C(=O)N(C)C1CCCc2ccccc21. The molecule has 3 heteroatoms. The Kier molecular flexibility index (Phi) is 4.81. The second-order valence-corrected chi connectivity index (χ2v) is 6.29. The molecule has 1 amide bonds. The number of amides is 1. The van der Waals surface area contributed by atoms with Crippen molar-refractivity contribution >= 4 is 5.91 Å². The van der Waals surface area contributed by atoms with Crippen LogP contribution < -0.4 is 5.73 Å². The van der Waals surface area contributed by atoms with Crippen LogP contribution >= 0.6 is 0 Å². The summed E-state index contributed by atoms with van der Waals surface area (Å²) in [6.45, 7) is 4.20. The molecule has 0 spiro atoms. The van der Waals surface area contributed by atoms with E-state index in [0.29, 0.717) is 5.92 Å². The predicted molar refractivity (Wildman–Crippen MR) is 82.3 cm³/mol. The smallest absolute Gasteiger partial charge is 0.239 e. The highest BCUT2D eigenvalue weighted by atomic mass is 16.2. The standard InChI is InChI=1S/C17H26N2O/c1-12(2)11-15(18)17(20)19(3)16-10-6-8-13-7-4-5-9-14(13)16/h4-5,7,9,12,15-16H,6,8,10-11,18H2,1-3H3. The lowest BCUT2D eigenvalue weighted by molar-refractivity contribution is -0.134. The average molecular weight is 274 g/mol. The molecular formula is C17H26N2O. The van der Waals surface area contributed by atoms with Crippen molar-refractivity contribution < 1.29 is 4.79 Å². The molecule has 0 saturated carbocycles. The van der Waals surface area contributed by atoms with Crippen molar-refractivity contribution in [3.63, 3.8) is 0 Å². The first-order valence-electron chi connectivity index (χ1n) is 7.60. The van der Waals surface area contributed by atoms with Crippen molar-refractivity contribution in [2.24, 2.45) is 11.7 Å². The van der Waals surface area contributed by atoms with E-state index >= 15 is 0 Å². The maximum Gasteiger partial charge on any atom is 0.239 e. The minimum atomic E-state index is -0.380. The van der Waals surface area contributed by atoms with Gasteiger partial charge < -0.3 is 10.6 Å². The quantitative estimate of drug-likeness (QED) is 0.917. The maximum absolute atomic E-state index is 12.5. The fourth-order valence-corrected chi connectivity index (χ4v) is 3.15. The molecule has 1 aliphatic carbocycles. The molecule has 20 heavy (non-hydrogen) atoms. The highest BCUT2D eigenvalue weighted by molar-refractivity contribution is 5.82. The number of fused-ring (bicyclic) bond motifs is 1. The molecule has 0 aliphatic heterocycles. The average Bonchev–Trinajstić information content (AvgIpc) is 2.44. The second kappa shape index (κ2) is 6.40. The van der Waals surface area contributed by atoms with E-state index in [1.807, 2.05) is 11.9 Å². The number of carbonyl (C=O) groups is 1. The first-order valence-corrected chi connectivity index (χ1v) is 7.60. The largest absolute Gasteiger partial charge is 0.337 e. The number of benzene rings is 1. The van der Waals surface area contributed by atoms with Gasteiger partial charge in [-0.1, -0.05) is 38.1 Å². The van der Waals surface area contributed by atoms with Gasteiger partial charge in [0.1, 0.15) is 0 Å². The zero-order valence-electron chi connectivity index (χ0n) is 12.8. The van der Waals surface area contributed by atoms with Gasteiger partial charge in [-0.25, -0.2) is 0 Å². The van der Waals surface area contributed by atoms with Crippen LogP contribution in [-0.4, -0.2) is 23.9 Å². The van der Waals surface area contributed by atoms with Gasteiger partial charge in [0.25, 0.3) is 0 Å². The number of likely N-dealkylation sites (N-methyl/N-ethyl adjacent to an activating group) is 1. The van der Waals surface area contributed by atoms with E-state index in [2.05, 4.69) is 38.1 Å². The minimum absolute atomic E-state index is 0.0698. The molecule has 0 fully saturated rings. The van der Waals surface area contributed by atoms with Gasteiger partial charge in [0, 0.05) is 7.05 Å². The van der Waals surface area contributed by atoms with E-state index in [4.69, 9.17) is 5.73 Å². The molecule has 2 rings (SSSR count). The summed E-state index contributed by atoms with van der Waals surface area (Å²) in [6.07, 6.45) is 4.04. The van der Waals surface area contributed by atoms with Crippen LogP contribution in [0.1, 0.15) is 50.3 Å². The molecule has 110 valence electrons. The Morgan fingerprint density at radius 3 is 2.80 bits per heavy atom. The Labute approximate surface area is 122 Å². The lowest BCUT2D eigenvalue weighted by atomic mass is 9.86. The number of hydrogen-bond donors (Lipinski definition) is 1. The number of aryl methyl sites for hydroxylation is 1. The van der Waals surface area contributed by atoms with Crippen molar-refractivity contribution in [1.82, 2.24) is 4.90 Å². The number of hydrogen-bond acceptors (Lipinski definition) is 2. The lowest BCUT2D eigenvalue weighted by Crippen LogP contribution is -2.44. The van der Waals surface area contributed by atoms with E-state index in [-0.39, 0.29) is 18.0 Å². The van der Waals surface area contributed by atoms with E-state index in [0.717, 1.165) is 25.7 Å². The Bertz CT molecular complexity index is 470. The summed E-state index contributed by atoms with van der Waals surface area (Å²) in [5.74, 6) is 0.515. The van der Waals surface area contributed by atoms with Crippen LogP contribution in [-0.2, 0) is 11.2 Å². The van der Waals surface area contributed by atoms with Gasteiger partial charge in [-0.05, 0) is 42.7 Å². The predicted octanol–water partition coefficient (Wildman–Crippen LogP) is 2.90. The molecule has 0 heterocycles. The maximum atomic E-state index is 12.5. The Morgan fingerprint density at radius 2 is 2.10 bits per heavy atom. The molecule has 0 radical (unpaired) electrons. The zero-order chi connectivity index (χ0) is 14.7. The number of nitrogens with two attached hydrogens (primary N) is 1. The van der Waals surface area contributed by atoms with Gasteiger partial charge in [-0.3, -0.25) is 4.79 Å². The topological polar surface area (TPSA) is 46.3 Å². The third kappa shape index (κ3) is 3.21. The van der Waals surface area contributed by atoms with Crippen LogP contribution in [0.4, 0.5) is 0 Å². The van der Waals surface area contributed by atoms with Crippen molar-refractivity contribution in [1.29, 1.82) is 0 Å². The van der Waals surface area contributed by atoms with Crippen LogP contribution in [0.5, 0.6) is 0 Å². The van der Waals surface area contributed by atoms with Gasteiger partial charge >= 0.3 is 0 Å². The first kappa shape index (κ1) is 15.0. The third-order valence-electron chi connectivity index (χ3n) is 4.20. The fraction of sp³-hybridized carbons (Fsp3) is 0.588. The normalized spacial score (nSPS) is 19.6. The molecule has 1 aromatic rings. The Morgan fingerprint density at radius 1 is 1.40 bits per heavy atom. The molecular weight excluding hydrogens is 248 g/mol. The van der Waals surface area contributed by atoms with E-state index in [1.54, 1.807) is 0 Å². The van der Waals surface area contributed by atoms with E-state index in [9.17, 15) is 4.79 Å². The molecule has 2 atom stereocenters. The second-order valence-electron chi connectivity index (χ2n) is 6.29. The summed E-state index contributed by atoms with van der Waals surface area (Å²) in [4.78, 5) is 14.4. The molecule has 0 aromatic heterocycles. The summed E-state index contributed by atoms with van der Waals surface area (Å²) in [5, 5.41) is 0. The molecule has 1 aromatic carbocycles. The third-order valence-corrected chi connectivity index (χ3v) is 4.20. The number of rotatable bonds is 4. The highest BCUT2D eigenvalue weighted by Crippen LogP contribution is 2.33. The molecule has 0 saturated heterocycles. The van der Waals surface area contributed by atoms with Gasteiger partial charge in [0.15, 0.2) is 0 Å². The van der Waals surface area contributed by atoms with Crippen LogP contribution in [0.2, 0.25) is 0 Å². The van der Waals surface area contributed by atoms with Crippen molar-refractivity contribution in [3.05, 3.63) is 35.4 Å². The van der Waals surface area contributed by atoms with Crippen molar-refractivity contribution in [3.8, 4) is 0 Å². The van der Waals surface area contributed by atoms with Crippen molar-refractivity contribution in [2.45, 2.75) is 51.6 Å². The molecule has 0 bridgehead atoms. The minimum Gasteiger partial charge on any atom is -0.337 e. The van der Waals surface area contributed by atoms with Gasteiger partial charge in [-0.15, -0.1) is 0 Å². The summed E-state index contributed by atoms with van der Waals surface area (Å²) in [7, 11) is 1.90. The fourth-order valence-electron chi connectivity index (χ4n) is 3.15. The molecule has 3 nitrogen and oxygen atoms in total. The van der Waals surface area contributed by atoms with Crippen LogP contribution in [0.25, 0.3) is 0 Å². The monoisotopic (exact) mass is 274 g/mol. The molecule has 1 aliphatic rings. The summed E-state index contributed by atoms with van der Waals surface area (Å²) < 4.78 is 0. The van der Waals surface area contributed by atoms with E-state index in [1.165, 1.54) is 11.1 Å². The van der Waals surface area contributed by atoms with Gasteiger partial charge in [0.2, 0.25) is 5.91 Å². The first-order chi connectivity index (χ1) is 9.50. The number of nitrogens with zero attached hydrogens (tertiary/aromatic N) is 1. The van der Waals surface area contributed by atoms with Crippen LogP contribution in [0.15, 0.2) is 24.3 Å². The summed E-state index contributed by atoms with van der Waals surface area (Å²) in [6, 6.07) is 8.27. The van der Waals surface area contributed by atoms with Gasteiger partial charge in [-0.2, -0.15) is 0 Å². The summed E-state index contributed by atoms with van der Waals surface area (Å²) >= 11 is 0. The number of carbonyl (C=O) groups excluding carboxylic acids is 1. The molecule has 2 unspecified atom stereocenters. The van der Waals surface area contributed by atoms with Gasteiger partial charge in [0.05, 0.1) is 12.1 Å². The zero-order valence-corrected chi connectivity index (χ0v) is 12.8. The lowest BCUT2D eigenvalue weighted by Gasteiger charge is -2.35. The van der Waals surface area contributed by atoms with Crippen LogP contribution in [0.3, 0.4) is 0 Å². The highest BCUT2D eigenvalue weighted by Gasteiger charge is 2.29. The van der Waals surface area contributed by atoms with Crippen LogP contribution in [0, 0.1) is 5.92 Å². The van der Waals surface area contributed by atoms with E-state index < -0.39 is 0 Å².